The minimum atomic E-state index is -2.07. The molecule has 9 heteroatoms. The third-order valence-electron chi connectivity index (χ3n) is 4.14. The van der Waals surface area contributed by atoms with Crippen LogP contribution in [0.2, 0.25) is 5.02 Å². The molecule has 0 saturated carbocycles. The lowest BCUT2D eigenvalue weighted by Gasteiger charge is -2.16. The SMILES string of the molecule is [2H]/C(=C\C([2H])([2H])N(C)C)C(=O)Nc1cc2c(Nc3c([2H])c([2H])c(F)c(Cl)c3[2H])c(C#N)cnc2cc1OCC. The number of pyridine rings is 1. The van der Waals surface area contributed by atoms with E-state index < -0.39 is 47.4 Å². The maximum absolute atomic E-state index is 14.1. The molecule has 0 atom stereocenters. The van der Waals surface area contributed by atoms with Crippen LogP contribution in [0.1, 0.15) is 20.7 Å². The Labute approximate surface area is 204 Å². The van der Waals surface area contributed by atoms with Gasteiger partial charge in [0.2, 0.25) is 5.91 Å². The first-order valence-electron chi connectivity index (χ1n) is 12.6. The summed E-state index contributed by atoms with van der Waals surface area (Å²) < 4.78 is 67.7. The summed E-state index contributed by atoms with van der Waals surface area (Å²) in [7, 11) is 2.91. The van der Waals surface area contributed by atoms with Crippen molar-refractivity contribution in [2.75, 3.05) is 37.8 Å². The second-order valence-electron chi connectivity index (χ2n) is 6.73. The van der Waals surface area contributed by atoms with Crippen molar-refractivity contribution in [1.29, 1.82) is 5.26 Å². The van der Waals surface area contributed by atoms with E-state index in [1.54, 1.807) is 6.92 Å². The van der Waals surface area contributed by atoms with E-state index in [4.69, 9.17) is 24.6 Å². The number of hydrogen-bond acceptors (Lipinski definition) is 6. The summed E-state index contributed by atoms with van der Waals surface area (Å²) in [6.45, 7) is -0.162. The van der Waals surface area contributed by atoms with Crippen molar-refractivity contribution >= 4 is 45.5 Å². The average molecular weight is 474 g/mol. The predicted molar refractivity (Wildman–Crippen MR) is 129 cm³/mol. The molecule has 0 fully saturated rings. The van der Waals surface area contributed by atoms with Crippen LogP contribution in [-0.2, 0) is 4.79 Å². The molecule has 0 aliphatic carbocycles. The smallest absolute Gasteiger partial charge is 0.248 e. The van der Waals surface area contributed by atoms with Gasteiger partial charge in [0.1, 0.15) is 17.6 Å². The van der Waals surface area contributed by atoms with E-state index >= 15 is 0 Å². The molecule has 7 nitrogen and oxygen atoms in total. The van der Waals surface area contributed by atoms with E-state index in [-0.39, 0.29) is 45.9 Å². The van der Waals surface area contributed by atoms with Crippen molar-refractivity contribution in [2.45, 2.75) is 6.92 Å². The number of rotatable bonds is 8. The minimum Gasteiger partial charge on any atom is -0.492 e. The molecule has 0 bridgehead atoms. The fourth-order valence-electron chi connectivity index (χ4n) is 2.75. The molecule has 0 spiro atoms. The number of hydrogen-bond donors (Lipinski definition) is 2. The van der Waals surface area contributed by atoms with Crippen LogP contribution in [0.5, 0.6) is 5.75 Å². The summed E-state index contributed by atoms with van der Waals surface area (Å²) in [4.78, 5) is 18.2. The number of aromatic nitrogens is 1. The van der Waals surface area contributed by atoms with Gasteiger partial charge in [0.15, 0.2) is 0 Å². The number of fused-ring (bicyclic) bond motifs is 1. The molecule has 1 heterocycles. The molecule has 2 aromatic carbocycles. The number of benzene rings is 2. The molecule has 1 aromatic heterocycles. The quantitative estimate of drug-likeness (QED) is 0.442. The lowest BCUT2D eigenvalue weighted by molar-refractivity contribution is -0.111. The Morgan fingerprint density at radius 2 is 2.27 bits per heavy atom. The minimum absolute atomic E-state index is 0.0324. The third-order valence-corrected chi connectivity index (χ3v) is 4.40. The fraction of sp³-hybridized carbons (Fsp3) is 0.208. The van der Waals surface area contributed by atoms with Gasteiger partial charge in [-0.2, -0.15) is 5.26 Å². The third kappa shape index (κ3) is 5.98. The molecule has 33 heavy (non-hydrogen) atoms. The zero-order valence-electron chi connectivity index (χ0n) is 23.9. The van der Waals surface area contributed by atoms with Gasteiger partial charge in [0.05, 0.1) is 39.6 Å². The first-order valence-corrected chi connectivity index (χ1v) is 10.0. The number of nitrogens with zero attached hydrogens (tertiary/aromatic N) is 3. The Kier molecular flexibility index (Phi) is 5.51. The topological polar surface area (TPSA) is 90.3 Å². The molecule has 0 radical (unpaired) electrons. The van der Waals surface area contributed by atoms with Crippen LogP contribution in [0, 0.1) is 17.1 Å². The lowest BCUT2D eigenvalue weighted by Crippen LogP contribution is -2.13. The van der Waals surface area contributed by atoms with Gasteiger partial charge in [-0.15, -0.1) is 0 Å². The first-order chi connectivity index (χ1) is 18.2. The highest BCUT2D eigenvalue weighted by Gasteiger charge is 2.15. The number of halogens is 2. The molecule has 3 rings (SSSR count). The van der Waals surface area contributed by atoms with Gasteiger partial charge in [-0.05, 0) is 45.2 Å². The molecule has 1 amide bonds. The summed E-state index contributed by atoms with van der Waals surface area (Å²) in [5.41, 5.74) is 0.0251. The first kappa shape index (κ1) is 16.9. The number of carbonyl (C=O) groups is 1. The fourth-order valence-corrected chi connectivity index (χ4v) is 2.89. The van der Waals surface area contributed by atoms with Crippen molar-refractivity contribution in [1.82, 2.24) is 9.88 Å². The Balaban J connectivity index is 2.20. The van der Waals surface area contributed by atoms with Gasteiger partial charge in [0, 0.05) is 38.6 Å². The maximum atomic E-state index is 14.1. The van der Waals surface area contributed by atoms with Gasteiger partial charge in [-0.1, -0.05) is 17.7 Å². The molecule has 0 saturated heterocycles. The van der Waals surface area contributed by atoms with Crippen LogP contribution in [0.4, 0.5) is 21.5 Å². The van der Waals surface area contributed by atoms with Crippen LogP contribution in [0.3, 0.4) is 0 Å². The zero-order valence-corrected chi connectivity index (χ0v) is 18.7. The molecule has 2 N–H and O–H groups in total. The van der Waals surface area contributed by atoms with Gasteiger partial charge < -0.3 is 20.3 Å². The Bertz CT molecular complexity index is 1520. The van der Waals surface area contributed by atoms with E-state index in [0.29, 0.717) is 0 Å². The highest BCUT2D eigenvalue weighted by Crippen LogP contribution is 2.36. The molecule has 3 aromatic rings. The van der Waals surface area contributed by atoms with Crippen LogP contribution < -0.4 is 15.4 Å². The Morgan fingerprint density at radius 3 is 2.97 bits per heavy atom. The van der Waals surface area contributed by atoms with Gasteiger partial charge >= 0.3 is 0 Å². The number of amides is 1. The van der Waals surface area contributed by atoms with E-state index in [2.05, 4.69) is 15.6 Å². The van der Waals surface area contributed by atoms with Crippen molar-refractivity contribution in [3.63, 3.8) is 0 Å². The Morgan fingerprint density at radius 1 is 1.48 bits per heavy atom. The number of anilines is 3. The monoisotopic (exact) mass is 473 g/mol. The zero-order chi connectivity index (χ0) is 29.2. The lowest BCUT2D eigenvalue weighted by atomic mass is 10.1. The molecular weight excluding hydrogens is 445 g/mol. The maximum Gasteiger partial charge on any atom is 0.248 e. The van der Waals surface area contributed by atoms with Crippen LogP contribution >= 0.6 is 11.6 Å². The predicted octanol–water partition coefficient (Wildman–Crippen LogP) is 5.10. The molecule has 170 valence electrons. The largest absolute Gasteiger partial charge is 0.492 e. The van der Waals surface area contributed by atoms with Crippen molar-refractivity contribution in [2.24, 2.45) is 0 Å². The number of nitrogens with one attached hydrogen (secondary N) is 2. The van der Waals surface area contributed by atoms with Crippen molar-refractivity contribution in [3.8, 4) is 11.8 Å². The van der Waals surface area contributed by atoms with Crippen molar-refractivity contribution in [3.05, 3.63) is 65.0 Å². The van der Waals surface area contributed by atoms with Crippen LogP contribution in [-0.4, -0.2) is 43.0 Å². The number of carbonyl (C=O) groups excluding carboxylic acids is 1. The van der Waals surface area contributed by atoms with E-state index in [1.807, 2.05) is 6.07 Å². The standard InChI is InChI=1S/C24H23ClFN5O2/c1-4-33-22-12-20-17(11-21(22)30-23(32)6-5-9-31(2)3)24(15(13-27)14-28-20)29-16-7-8-19(26)18(25)10-16/h5-8,10-12,14H,4,9H2,1-3H3,(H,28,29)(H,30,32)/b6-5+/i6D,7D,8D,9D2,10D. The van der Waals surface area contributed by atoms with Gasteiger partial charge in [0.25, 0.3) is 0 Å². The number of likely N-dealkylation sites (N-methyl/N-ethyl adjacent to an activating group) is 1. The van der Waals surface area contributed by atoms with Gasteiger partial charge in [-0.3, -0.25) is 9.78 Å². The summed E-state index contributed by atoms with van der Waals surface area (Å²) in [5, 5.41) is 14.5. The van der Waals surface area contributed by atoms with E-state index in [0.717, 1.165) is 6.08 Å². The normalized spacial score (nSPS) is 14.4. The molecule has 0 aliphatic heterocycles. The molecular formula is C24H23ClFN5O2. The summed E-state index contributed by atoms with van der Waals surface area (Å²) >= 11 is 5.85. The Hall–Kier alpha value is -3.67. The van der Waals surface area contributed by atoms with Crippen LogP contribution in [0.25, 0.3) is 10.9 Å². The number of ether oxygens (including phenoxy) is 1. The summed E-state index contributed by atoms with van der Waals surface area (Å²) in [5.74, 6) is -1.99. The van der Waals surface area contributed by atoms with Gasteiger partial charge in [-0.25, -0.2) is 4.39 Å². The highest BCUT2D eigenvalue weighted by atomic mass is 35.5. The van der Waals surface area contributed by atoms with E-state index in [1.165, 1.54) is 37.3 Å². The second kappa shape index (κ2) is 10.8. The highest BCUT2D eigenvalue weighted by molar-refractivity contribution is 6.31. The summed E-state index contributed by atoms with van der Waals surface area (Å²) in [6, 6.07) is 2.05. The van der Waals surface area contributed by atoms with Crippen molar-refractivity contribution < 1.29 is 22.1 Å². The average Bonchev–Trinajstić information content (AvgIpc) is 2.88. The molecule has 0 unspecified atom stereocenters. The van der Waals surface area contributed by atoms with Crippen LogP contribution in [0.15, 0.2) is 48.6 Å². The second-order valence-corrected chi connectivity index (χ2v) is 7.10. The summed E-state index contributed by atoms with van der Waals surface area (Å²) in [6.07, 6.45) is 2.07. The van der Waals surface area contributed by atoms with E-state index in [9.17, 15) is 14.4 Å². The molecule has 0 aliphatic rings. The number of nitriles is 1.